The van der Waals surface area contributed by atoms with E-state index in [0.717, 1.165) is 11.3 Å². The summed E-state index contributed by atoms with van der Waals surface area (Å²) in [5.74, 6) is -0.436. The van der Waals surface area contributed by atoms with Crippen molar-refractivity contribution in [2.24, 2.45) is 0 Å². The predicted molar refractivity (Wildman–Crippen MR) is 88.6 cm³/mol. The fourth-order valence-corrected chi connectivity index (χ4v) is 2.80. The summed E-state index contributed by atoms with van der Waals surface area (Å²) in [6.07, 6.45) is 4.52. The first-order chi connectivity index (χ1) is 11.2. The lowest BCUT2D eigenvalue weighted by molar-refractivity contribution is -0.120. The van der Waals surface area contributed by atoms with Crippen LogP contribution in [0.1, 0.15) is 15.4 Å². The third kappa shape index (κ3) is 3.95. The molecule has 3 aromatic rings. The Morgan fingerprint density at radius 1 is 1.17 bits per heavy atom. The number of fused-ring (bicyclic) bond motifs is 1. The van der Waals surface area contributed by atoms with Crippen molar-refractivity contribution in [2.75, 3.05) is 13.1 Å². The summed E-state index contributed by atoms with van der Waals surface area (Å²) in [5.41, 5.74) is 1.80. The number of amides is 2. The lowest BCUT2D eigenvalue weighted by Gasteiger charge is -2.05. The smallest absolute Gasteiger partial charge is 0.261 e. The van der Waals surface area contributed by atoms with E-state index in [1.165, 1.54) is 11.3 Å². The molecule has 0 unspecified atom stereocenters. The Kier molecular flexibility index (Phi) is 4.68. The second-order valence-electron chi connectivity index (χ2n) is 4.96. The van der Waals surface area contributed by atoms with Crippen LogP contribution < -0.4 is 10.6 Å². The molecule has 0 aliphatic carbocycles. The summed E-state index contributed by atoms with van der Waals surface area (Å²) in [7, 11) is 0. The molecule has 0 aliphatic rings. The monoisotopic (exact) mass is 328 g/mol. The number of rotatable bonds is 6. The number of carbonyl (C=O) groups is 2. The molecule has 0 bridgehead atoms. The van der Waals surface area contributed by atoms with E-state index in [1.54, 1.807) is 12.1 Å². The Bertz CT molecular complexity index is 777. The molecular formula is C16H16N4O2S. The molecule has 0 radical (unpaired) electrons. The number of pyridine rings is 1. The van der Waals surface area contributed by atoms with Gasteiger partial charge in [0.25, 0.3) is 5.91 Å². The van der Waals surface area contributed by atoms with Gasteiger partial charge in [0.15, 0.2) is 0 Å². The van der Waals surface area contributed by atoms with E-state index in [-0.39, 0.29) is 18.4 Å². The molecule has 2 N–H and O–H groups in total. The van der Waals surface area contributed by atoms with Crippen molar-refractivity contribution in [3.05, 3.63) is 58.7 Å². The summed E-state index contributed by atoms with van der Waals surface area (Å²) in [6.45, 7) is 0.458. The first-order valence-electron chi connectivity index (χ1n) is 7.23. The predicted octanol–water partition coefficient (Wildman–Crippen LogP) is 1.48. The topological polar surface area (TPSA) is 75.5 Å². The van der Waals surface area contributed by atoms with Crippen LogP contribution in [-0.2, 0) is 11.2 Å². The third-order valence-corrected chi connectivity index (χ3v) is 4.14. The summed E-state index contributed by atoms with van der Waals surface area (Å²) < 4.78 is 1.94. The van der Waals surface area contributed by atoms with E-state index < -0.39 is 0 Å². The molecule has 0 atom stereocenters. The van der Waals surface area contributed by atoms with Crippen molar-refractivity contribution in [3.8, 4) is 0 Å². The quantitative estimate of drug-likeness (QED) is 0.720. The minimum absolute atomic E-state index is 0.0259. The first-order valence-corrected chi connectivity index (χ1v) is 8.11. The van der Waals surface area contributed by atoms with Gasteiger partial charge in [-0.25, -0.2) is 4.98 Å². The molecule has 3 aromatic heterocycles. The number of carbonyl (C=O) groups excluding carboxylic acids is 2. The highest BCUT2D eigenvalue weighted by molar-refractivity contribution is 7.12. The summed E-state index contributed by atoms with van der Waals surface area (Å²) in [5, 5.41) is 7.19. The van der Waals surface area contributed by atoms with Crippen molar-refractivity contribution in [3.63, 3.8) is 0 Å². The van der Waals surface area contributed by atoms with Gasteiger partial charge in [-0.15, -0.1) is 11.3 Å². The highest BCUT2D eigenvalue weighted by Crippen LogP contribution is 2.07. The van der Waals surface area contributed by atoms with Gasteiger partial charge in [0.05, 0.1) is 17.1 Å². The van der Waals surface area contributed by atoms with E-state index in [4.69, 9.17) is 0 Å². The van der Waals surface area contributed by atoms with E-state index >= 15 is 0 Å². The number of hydrogen-bond acceptors (Lipinski definition) is 4. The van der Waals surface area contributed by atoms with Gasteiger partial charge in [0, 0.05) is 25.4 Å². The first kappa shape index (κ1) is 15.2. The summed E-state index contributed by atoms with van der Waals surface area (Å²) in [6, 6.07) is 9.33. The fraction of sp³-hybridized carbons (Fsp3) is 0.188. The van der Waals surface area contributed by atoms with Crippen molar-refractivity contribution in [1.82, 2.24) is 20.0 Å². The van der Waals surface area contributed by atoms with Crippen LogP contribution >= 0.6 is 11.3 Å². The normalized spacial score (nSPS) is 10.6. The Morgan fingerprint density at radius 2 is 2.09 bits per heavy atom. The number of nitrogens with one attached hydrogen (secondary N) is 2. The Hall–Kier alpha value is -2.67. The zero-order chi connectivity index (χ0) is 16.1. The molecule has 2 amide bonds. The van der Waals surface area contributed by atoms with E-state index in [9.17, 15) is 9.59 Å². The molecule has 0 aliphatic heterocycles. The van der Waals surface area contributed by atoms with Gasteiger partial charge >= 0.3 is 0 Å². The van der Waals surface area contributed by atoms with Crippen LogP contribution in [0.15, 0.2) is 48.1 Å². The number of nitrogens with zero attached hydrogens (tertiary/aromatic N) is 2. The molecular weight excluding hydrogens is 312 g/mol. The maximum Gasteiger partial charge on any atom is 0.261 e. The molecule has 0 spiro atoms. The lowest BCUT2D eigenvalue weighted by atomic mass is 10.3. The number of aromatic nitrogens is 2. The maximum absolute atomic E-state index is 11.7. The molecule has 23 heavy (non-hydrogen) atoms. The minimum atomic E-state index is -0.226. The van der Waals surface area contributed by atoms with Gasteiger partial charge in [-0.05, 0) is 23.6 Å². The number of thiophene rings is 1. The molecule has 6 nitrogen and oxygen atoms in total. The van der Waals surface area contributed by atoms with Crippen LogP contribution in [0.4, 0.5) is 0 Å². The molecule has 0 saturated heterocycles. The minimum Gasteiger partial charge on any atom is -0.354 e. The zero-order valence-electron chi connectivity index (χ0n) is 12.4. The van der Waals surface area contributed by atoms with Crippen molar-refractivity contribution in [1.29, 1.82) is 0 Å². The fourth-order valence-electron chi connectivity index (χ4n) is 2.16. The van der Waals surface area contributed by atoms with Crippen LogP contribution in [0.25, 0.3) is 5.65 Å². The largest absolute Gasteiger partial charge is 0.354 e. The molecule has 3 heterocycles. The number of hydrogen-bond donors (Lipinski definition) is 2. The van der Waals surface area contributed by atoms with Crippen LogP contribution in [-0.4, -0.2) is 34.3 Å². The second kappa shape index (κ2) is 7.06. The van der Waals surface area contributed by atoms with Gasteiger partial charge in [-0.1, -0.05) is 12.1 Å². The maximum atomic E-state index is 11.7. The molecule has 0 saturated carbocycles. The van der Waals surface area contributed by atoms with E-state index in [2.05, 4.69) is 15.6 Å². The van der Waals surface area contributed by atoms with Crippen LogP contribution in [0.2, 0.25) is 0 Å². The molecule has 0 aromatic carbocycles. The molecule has 7 heteroatoms. The van der Waals surface area contributed by atoms with Gasteiger partial charge in [-0.2, -0.15) is 0 Å². The van der Waals surface area contributed by atoms with E-state index in [1.807, 2.05) is 40.4 Å². The van der Waals surface area contributed by atoms with Crippen molar-refractivity contribution in [2.45, 2.75) is 6.42 Å². The van der Waals surface area contributed by atoms with Gasteiger partial charge in [-0.3, -0.25) is 9.59 Å². The molecule has 0 fully saturated rings. The van der Waals surface area contributed by atoms with Gasteiger partial charge in [0.2, 0.25) is 5.91 Å². The van der Waals surface area contributed by atoms with Crippen molar-refractivity contribution >= 4 is 28.8 Å². The molecule has 3 rings (SSSR count). The standard InChI is InChI=1S/C16H16N4O2S/c21-15(10-18-16(22)13-4-3-9-23-13)17-7-6-12-11-20-8-2-1-5-14(20)19-12/h1-5,8-9,11H,6-7,10H2,(H,17,21)(H,18,22). The van der Waals surface area contributed by atoms with Crippen LogP contribution in [0.3, 0.4) is 0 Å². The van der Waals surface area contributed by atoms with Crippen LogP contribution in [0, 0.1) is 0 Å². The van der Waals surface area contributed by atoms with Gasteiger partial charge < -0.3 is 15.0 Å². The second-order valence-corrected chi connectivity index (χ2v) is 5.91. The molecule has 118 valence electrons. The highest BCUT2D eigenvalue weighted by Gasteiger charge is 2.08. The highest BCUT2D eigenvalue weighted by atomic mass is 32.1. The summed E-state index contributed by atoms with van der Waals surface area (Å²) >= 11 is 1.35. The van der Waals surface area contributed by atoms with E-state index in [0.29, 0.717) is 17.8 Å². The Balaban J connectivity index is 1.41. The zero-order valence-corrected chi connectivity index (χ0v) is 13.2. The summed E-state index contributed by atoms with van der Waals surface area (Å²) in [4.78, 5) is 28.5. The average molecular weight is 328 g/mol. The van der Waals surface area contributed by atoms with Gasteiger partial charge in [0.1, 0.15) is 5.65 Å². The number of imidazole rings is 1. The third-order valence-electron chi connectivity index (χ3n) is 3.27. The Morgan fingerprint density at radius 3 is 2.87 bits per heavy atom. The SMILES string of the molecule is O=C(CNC(=O)c1cccs1)NCCc1cn2ccccc2n1. The Labute approximate surface area is 137 Å². The lowest BCUT2D eigenvalue weighted by Crippen LogP contribution is -2.37. The van der Waals surface area contributed by atoms with Crippen LogP contribution in [0.5, 0.6) is 0 Å². The average Bonchev–Trinajstić information content (AvgIpc) is 3.21. The van der Waals surface area contributed by atoms with Crippen molar-refractivity contribution < 1.29 is 9.59 Å².